The van der Waals surface area contributed by atoms with Gasteiger partial charge in [0.25, 0.3) is 0 Å². The van der Waals surface area contributed by atoms with E-state index in [1.807, 2.05) is 17.9 Å². The minimum atomic E-state index is -0.255. The Balaban J connectivity index is 2.04. The molecule has 2 N–H and O–H groups in total. The fourth-order valence-corrected chi connectivity index (χ4v) is 2.56. The highest BCUT2D eigenvalue weighted by atomic mass is 35.5. The third-order valence-corrected chi connectivity index (χ3v) is 3.86. The Labute approximate surface area is 138 Å². The van der Waals surface area contributed by atoms with Gasteiger partial charge in [-0.05, 0) is 36.8 Å². The first kappa shape index (κ1) is 15.5. The van der Waals surface area contributed by atoms with Gasteiger partial charge in [-0.2, -0.15) is 0 Å². The largest absolute Gasteiger partial charge is 0.504 e. The van der Waals surface area contributed by atoms with Crippen molar-refractivity contribution in [3.05, 3.63) is 52.9 Å². The number of halogens is 1. The van der Waals surface area contributed by atoms with Crippen molar-refractivity contribution < 1.29 is 19.7 Å². The van der Waals surface area contributed by atoms with E-state index in [1.165, 1.54) is 12.1 Å². The van der Waals surface area contributed by atoms with Gasteiger partial charge < -0.3 is 19.7 Å². The molecule has 1 heterocycles. The molecule has 6 heteroatoms. The summed E-state index contributed by atoms with van der Waals surface area (Å²) >= 11 is 6.02. The number of methoxy groups -OCH3 is 1. The number of phenolic OH excluding ortho intramolecular Hbond substituents is 2. The normalized spacial score (nSPS) is 16.3. The molecule has 0 aliphatic carbocycles. The number of anilines is 1. The van der Waals surface area contributed by atoms with Crippen LogP contribution in [-0.4, -0.2) is 23.6 Å². The summed E-state index contributed by atoms with van der Waals surface area (Å²) in [4.78, 5) is 1.88. The van der Waals surface area contributed by atoms with Crippen LogP contribution in [0.2, 0.25) is 5.02 Å². The Morgan fingerprint density at radius 3 is 2.65 bits per heavy atom. The van der Waals surface area contributed by atoms with Crippen molar-refractivity contribution >= 4 is 23.4 Å². The third kappa shape index (κ3) is 2.93. The lowest BCUT2D eigenvalue weighted by Gasteiger charge is -2.24. The number of nitrogens with zero attached hydrogens (tertiary/aromatic N) is 1. The van der Waals surface area contributed by atoms with Crippen LogP contribution >= 0.6 is 11.6 Å². The molecule has 0 spiro atoms. The summed E-state index contributed by atoms with van der Waals surface area (Å²) in [6, 6.07) is 9.94. The summed E-state index contributed by atoms with van der Waals surface area (Å²) in [5.74, 6) is 0.818. The highest BCUT2D eigenvalue weighted by Gasteiger charge is 2.30. The van der Waals surface area contributed by atoms with Gasteiger partial charge in [-0.1, -0.05) is 17.7 Å². The maximum atomic E-state index is 9.63. The standard InChI is InChI=1S/C17H16ClNO4/c1-10(22-2)19-13-5-4-12(18)9-16(13)23-17(19)8-11-3-6-14(20)15(21)7-11/h3-10,20-21H,1-2H3/b17-8-. The topological polar surface area (TPSA) is 62.2 Å². The van der Waals surface area contributed by atoms with Gasteiger partial charge in [0, 0.05) is 24.3 Å². The van der Waals surface area contributed by atoms with Gasteiger partial charge in [-0.15, -0.1) is 0 Å². The second-order valence-corrected chi connectivity index (χ2v) is 5.59. The van der Waals surface area contributed by atoms with Crippen LogP contribution < -0.4 is 9.64 Å². The molecular formula is C17H16ClNO4. The molecule has 5 nitrogen and oxygen atoms in total. The number of fused-ring (bicyclic) bond motifs is 1. The average Bonchev–Trinajstić information content (AvgIpc) is 2.87. The van der Waals surface area contributed by atoms with E-state index in [-0.39, 0.29) is 17.7 Å². The lowest BCUT2D eigenvalue weighted by Crippen LogP contribution is -2.32. The van der Waals surface area contributed by atoms with Gasteiger partial charge in [0.15, 0.2) is 17.2 Å². The van der Waals surface area contributed by atoms with Crippen molar-refractivity contribution in [2.75, 3.05) is 12.0 Å². The molecule has 0 saturated carbocycles. The Bertz CT molecular complexity index is 775. The highest BCUT2D eigenvalue weighted by Crippen LogP contribution is 2.42. The molecule has 0 amide bonds. The van der Waals surface area contributed by atoms with Crippen molar-refractivity contribution in [2.24, 2.45) is 0 Å². The zero-order chi connectivity index (χ0) is 16.6. The third-order valence-electron chi connectivity index (χ3n) is 3.63. The Morgan fingerprint density at radius 1 is 1.17 bits per heavy atom. The molecule has 0 radical (unpaired) electrons. The van der Waals surface area contributed by atoms with E-state index in [2.05, 4.69) is 0 Å². The van der Waals surface area contributed by atoms with E-state index in [0.29, 0.717) is 22.2 Å². The van der Waals surface area contributed by atoms with Gasteiger partial charge in [0.05, 0.1) is 5.69 Å². The van der Waals surface area contributed by atoms with Gasteiger partial charge in [-0.3, -0.25) is 4.90 Å². The molecule has 0 saturated heterocycles. The molecule has 2 aromatic rings. The number of rotatable bonds is 3. The SMILES string of the molecule is COC(C)N1/C(=C/c2ccc(O)c(O)c2)Oc2cc(Cl)ccc21. The number of phenols is 2. The van der Waals surface area contributed by atoms with Gasteiger partial charge in [0.1, 0.15) is 6.23 Å². The van der Waals surface area contributed by atoms with Crippen LogP contribution in [0.3, 0.4) is 0 Å². The molecule has 1 unspecified atom stereocenters. The van der Waals surface area contributed by atoms with Gasteiger partial charge >= 0.3 is 0 Å². The Morgan fingerprint density at radius 2 is 1.96 bits per heavy atom. The van der Waals surface area contributed by atoms with Crippen LogP contribution in [-0.2, 0) is 4.74 Å². The van der Waals surface area contributed by atoms with E-state index >= 15 is 0 Å². The van der Waals surface area contributed by atoms with E-state index < -0.39 is 0 Å². The summed E-state index contributed by atoms with van der Waals surface area (Å²) in [6.45, 7) is 1.90. The van der Waals surface area contributed by atoms with Crippen molar-refractivity contribution in [1.82, 2.24) is 0 Å². The lowest BCUT2D eigenvalue weighted by atomic mass is 10.2. The average molecular weight is 334 g/mol. The molecule has 23 heavy (non-hydrogen) atoms. The van der Waals surface area contributed by atoms with Crippen molar-refractivity contribution in [1.29, 1.82) is 0 Å². The van der Waals surface area contributed by atoms with Crippen molar-refractivity contribution in [3.63, 3.8) is 0 Å². The first-order chi connectivity index (χ1) is 11.0. The second-order valence-electron chi connectivity index (χ2n) is 5.15. The summed E-state index contributed by atoms with van der Waals surface area (Å²) in [7, 11) is 1.61. The molecule has 1 aliphatic rings. The highest BCUT2D eigenvalue weighted by molar-refractivity contribution is 6.30. The number of hydrogen-bond donors (Lipinski definition) is 2. The van der Waals surface area contributed by atoms with Crippen molar-refractivity contribution in [2.45, 2.75) is 13.2 Å². The smallest absolute Gasteiger partial charge is 0.203 e. The number of aromatic hydroxyl groups is 2. The minimum Gasteiger partial charge on any atom is -0.504 e. The minimum absolute atomic E-state index is 0.170. The summed E-state index contributed by atoms with van der Waals surface area (Å²) in [5, 5.41) is 19.6. The number of benzene rings is 2. The number of ether oxygens (including phenoxy) is 2. The molecular weight excluding hydrogens is 318 g/mol. The molecule has 2 aromatic carbocycles. The fraction of sp³-hybridized carbons (Fsp3) is 0.176. The molecule has 120 valence electrons. The zero-order valence-corrected chi connectivity index (χ0v) is 13.4. The first-order valence-electron chi connectivity index (χ1n) is 7.02. The molecule has 0 bridgehead atoms. The van der Waals surface area contributed by atoms with Crippen LogP contribution in [0.25, 0.3) is 6.08 Å². The van der Waals surface area contributed by atoms with Gasteiger partial charge in [0.2, 0.25) is 5.88 Å². The van der Waals surface area contributed by atoms with Crippen LogP contribution in [0.1, 0.15) is 12.5 Å². The van der Waals surface area contributed by atoms with E-state index in [4.69, 9.17) is 21.1 Å². The van der Waals surface area contributed by atoms with Crippen LogP contribution in [0.5, 0.6) is 17.2 Å². The molecule has 0 aromatic heterocycles. The Kier molecular flexibility index (Phi) is 4.07. The first-order valence-corrected chi connectivity index (χ1v) is 7.40. The molecule has 1 atom stereocenters. The van der Waals surface area contributed by atoms with Crippen molar-refractivity contribution in [3.8, 4) is 17.2 Å². The van der Waals surface area contributed by atoms with Crippen LogP contribution in [0.4, 0.5) is 5.69 Å². The predicted octanol–water partition coefficient (Wildman–Crippen LogP) is 3.94. The van der Waals surface area contributed by atoms with Crippen LogP contribution in [0, 0.1) is 0 Å². The Hall–Kier alpha value is -2.37. The fourth-order valence-electron chi connectivity index (χ4n) is 2.40. The van der Waals surface area contributed by atoms with E-state index in [1.54, 1.807) is 31.4 Å². The van der Waals surface area contributed by atoms with Crippen LogP contribution in [0.15, 0.2) is 42.3 Å². The van der Waals surface area contributed by atoms with E-state index in [9.17, 15) is 10.2 Å². The second kappa shape index (κ2) is 6.02. The maximum absolute atomic E-state index is 9.63. The van der Waals surface area contributed by atoms with Gasteiger partial charge in [-0.25, -0.2) is 0 Å². The zero-order valence-electron chi connectivity index (χ0n) is 12.7. The predicted molar refractivity (Wildman–Crippen MR) is 88.8 cm³/mol. The quantitative estimate of drug-likeness (QED) is 0.833. The number of hydrogen-bond acceptors (Lipinski definition) is 5. The molecule has 0 fully saturated rings. The lowest BCUT2D eigenvalue weighted by molar-refractivity contribution is 0.116. The molecule has 1 aliphatic heterocycles. The summed E-state index contributed by atoms with van der Waals surface area (Å²) < 4.78 is 11.3. The summed E-state index contributed by atoms with van der Waals surface area (Å²) in [5.41, 5.74) is 1.53. The summed E-state index contributed by atoms with van der Waals surface area (Å²) in [6.07, 6.45) is 1.50. The monoisotopic (exact) mass is 333 g/mol. The maximum Gasteiger partial charge on any atom is 0.203 e. The van der Waals surface area contributed by atoms with E-state index in [0.717, 1.165) is 5.69 Å². The molecule has 3 rings (SSSR count).